The van der Waals surface area contributed by atoms with Gasteiger partial charge in [-0.3, -0.25) is 4.68 Å². The van der Waals surface area contributed by atoms with Crippen LogP contribution < -0.4 is 5.32 Å². The zero-order valence-electron chi connectivity index (χ0n) is 13.2. The zero-order valence-corrected chi connectivity index (χ0v) is 13.2. The summed E-state index contributed by atoms with van der Waals surface area (Å²) in [6.45, 7) is 8.17. The molecule has 2 heterocycles. The van der Waals surface area contributed by atoms with Crippen molar-refractivity contribution in [2.24, 2.45) is 18.9 Å². The Morgan fingerprint density at radius 2 is 2.10 bits per heavy atom. The van der Waals surface area contributed by atoms with Crippen molar-refractivity contribution in [3.05, 3.63) is 18.0 Å². The Morgan fingerprint density at radius 1 is 1.43 bits per heavy atom. The summed E-state index contributed by atoms with van der Waals surface area (Å²) in [6.07, 6.45) is 3.73. The molecular formula is C15H24N4O2. The molecule has 1 amide bonds. The van der Waals surface area contributed by atoms with Crippen LogP contribution in [0.15, 0.2) is 12.4 Å². The number of carbonyl (C=O) groups excluding carboxylic acids is 1. The van der Waals surface area contributed by atoms with Gasteiger partial charge in [-0.25, -0.2) is 4.79 Å². The van der Waals surface area contributed by atoms with Gasteiger partial charge in [-0.05, 0) is 32.6 Å². The van der Waals surface area contributed by atoms with Crippen LogP contribution in [0.3, 0.4) is 0 Å². The van der Waals surface area contributed by atoms with E-state index in [0.29, 0.717) is 17.9 Å². The molecule has 2 fully saturated rings. The van der Waals surface area contributed by atoms with Gasteiger partial charge in [-0.1, -0.05) is 0 Å². The Morgan fingerprint density at radius 3 is 2.62 bits per heavy atom. The van der Waals surface area contributed by atoms with Crippen molar-refractivity contribution < 1.29 is 9.53 Å². The van der Waals surface area contributed by atoms with Crippen molar-refractivity contribution in [1.82, 2.24) is 20.0 Å². The molecule has 0 aromatic carbocycles. The van der Waals surface area contributed by atoms with Crippen molar-refractivity contribution >= 4 is 6.09 Å². The minimum absolute atomic E-state index is 0.180. The third-order valence-corrected chi connectivity index (χ3v) is 4.15. The number of piperidine rings is 1. The molecule has 6 nitrogen and oxygen atoms in total. The first kappa shape index (κ1) is 14.4. The summed E-state index contributed by atoms with van der Waals surface area (Å²) in [7, 11) is 1.92. The van der Waals surface area contributed by atoms with Crippen LogP contribution in [0, 0.1) is 11.8 Å². The maximum absolute atomic E-state index is 12.0. The van der Waals surface area contributed by atoms with E-state index in [4.69, 9.17) is 4.74 Å². The number of hydrogen-bond acceptors (Lipinski definition) is 4. The van der Waals surface area contributed by atoms with E-state index in [1.165, 1.54) is 5.56 Å². The average molecular weight is 292 g/mol. The molecule has 2 unspecified atom stereocenters. The maximum Gasteiger partial charge on any atom is 0.410 e. The van der Waals surface area contributed by atoms with Crippen LogP contribution >= 0.6 is 0 Å². The lowest BCUT2D eigenvalue weighted by Crippen LogP contribution is -2.39. The number of nitrogens with zero attached hydrogens (tertiary/aromatic N) is 3. The van der Waals surface area contributed by atoms with Crippen LogP contribution in [0.2, 0.25) is 0 Å². The highest BCUT2D eigenvalue weighted by Gasteiger charge is 2.56. The molecule has 21 heavy (non-hydrogen) atoms. The van der Waals surface area contributed by atoms with Gasteiger partial charge in [0, 0.05) is 44.5 Å². The molecule has 3 rings (SSSR count). The van der Waals surface area contributed by atoms with E-state index >= 15 is 0 Å². The maximum atomic E-state index is 12.0. The minimum atomic E-state index is -0.415. The topological polar surface area (TPSA) is 59.4 Å². The molecule has 1 aromatic rings. The van der Waals surface area contributed by atoms with Crippen molar-refractivity contribution in [3.63, 3.8) is 0 Å². The normalized spacial score (nSPS) is 27.6. The number of fused-ring (bicyclic) bond motifs is 1. The van der Waals surface area contributed by atoms with Crippen LogP contribution in [0.25, 0.3) is 0 Å². The number of likely N-dealkylation sites (tertiary alicyclic amines) is 1. The van der Waals surface area contributed by atoms with E-state index in [2.05, 4.69) is 10.4 Å². The van der Waals surface area contributed by atoms with Crippen LogP contribution in [0.1, 0.15) is 26.3 Å². The summed E-state index contributed by atoms with van der Waals surface area (Å²) in [6, 6.07) is 0.531. The molecule has 0 bridgehead atoms. The Labute approximate surface area is 125 Å². The lowest BCUT2D eigenvalue weighted by atomic mass is 10.2. The summed E-state index contributed by atoms with van der Waals surface area (Å²) in [5.74, 6) is 1.16. The number of rotatable bonds is 3. The summed E-state index contributed by atoms with van der Waals surface area (Å²) >= 11 is 0. The second kappa shape index (κ2) is 5.02. The van der Waals surface area contributed by atoms with E-state index in [9.17, 15) is 4.79 Å². The lowest BCUT2D eigenvalue weighted by molar-refractivity contribution is 0.0269. The van der Waals surface area contributed by atoms with E-state index < -0.39 is 5.60 Å². The Balaban J connectivity index is 1.43. The smallest absolute Gasteiger partial charge is 0.410 e. The first-order valence-electron chi connectivity index (χ1n) is 7.52. The number of hydrogen-bond donors (Lipinski definition) is 1. The van der Waals surface area contributed by atoms with Gasteiger partial charge < -0.3 is 15.0 Å². The molecule has 1 aromatic heterocycles. The summed E-state index contributed by atoms with van der Waals surface area (Å²) in [4.78, 5) is 13.8. The summed E-state index contributed by atoms with van der Waals surface area (Å²) in [5.41, 5.74) is 0.786. The number of aromatic nitrogens is 2. The fourth-order valence-electron chi connectivity index (χ4n) is 3.10. The monoisotopic (exact) mass is 292 g/mol. The second-order valence-electron chi connectivity index (χ2n) is 7.14. The quantitative estimate of drug-likeness (QED) is 0.914. The highest BCUT2D eigenvalue weighted by Crippen LogP contribution is 2.45. The van der Waals surface area contributed by atoms with Gasteiger partial charge in [0.05, 0.1) is 6.20 Å². The van der Waals surface area contributed by atoms with Crippen LogP contribution in [-0.2, 0) is 18.3 Å². The van der Waals surface area contributed by atoms with Gasteiger partial charge in [0.25, 0.3) is 0 Å². The number of aryl methyl sites for hydroxylation is 1. The van der Waals surface area contributed by atoms with Gasteiger partial charge in [0.1, 0.15) is 5.60 Å². The number of nitrogens with one attached hydrogen (secondary N) is 1. The van der Waals surface area contributed by atoms with Gasteiger partial charge in [0.15, 0.2) is 0 Å². The number of ether oxygens (including phenoxy) is 1. The van der Waals surface area contributed by atoms with E-state index in [-0.39, 0.29) is 6.09 Å². The fraction of sp³-hybridized carbons (Fsp3) is 0.733. The van der Waals surface area contributed by atoms with Crippen molar-refractivity contribution in [2.75, 3.05) is 13.1 Å². The molecule has 6 heteroatoms. The molecule has 116 valence electrons. The van der Waals surface area contributed by atoms with Gasteiger partial charge >= 0.3 is 6.09 Å². The van der Waals surface area contributed by atoms with Gasteiger partial charge in [-0.15, -0.1) is 0 Å². The van der Waals surface area contributed by atoms with Gasteiger partial charge in [-0.2, -0.15) is 5.10 Å². The summed E-state index contributed by atoms with van der Waals surface area (Å²) in [5, 5.41) is 7.73. The lowest BCUT2D eigenvalue weighted by Gasteiger charge is -2.26. The van der Waals surface area contributed by atoms with E-state index in [1.807, 2.05) is 49.8 Å². The third-order valence-electron chi connectivity index (χ3n) is 4.15. The molecule has 2 atom stereocenters. The van der Waals surface area contributed by atoms with Crippen LogP contribution in [0.4, 0.5) is 4.79 Å². The molecule has 1 saturated heterocycles. The standard InChI is InChI=1S/C15H24N4O2/c1-15(2,3)21-14(20)19-8-11-12(9-19)13(11)16-5-10-6-17-18(4)7-10/h6-7,11-13,16H,5,8-9H2,1-4H3. The SMILES string of the molecule is Cn1cc(CNC2C3CN(C(=O)OC(C)(C)C)CC32)cn1. The molecule has 0 spiro atoms. The van der Waals surface area contributed by atoms with Crippen LogP contribution in [-0.4, -0.2) is 45.5 Å². The molecular weight excluding hydrogens is 268 g/mol. The predicted molar refractivity (Wildman–Crippen MR) is 78.6 cm³/mol. The molecule has 2 aliphatic rings. The summed E-state index contributed by atoms with van der Waals surface area (Å²) < 4.78 is 7.23. The fourth-order valence-corrected chi connectivity index (χ4v) is 3.10. The second-order valence-corrected chi connectivity index (χ2v) is 7.14. The molecule has 1 saturated carbocycles. The van der Waals surface area contributed by atoms with Crippen molar-refractivity contribution in [2.45, 2.75) is 39.0 Å². The molecule has 0 radical (unpaired) electrons. The number of amides is 1. The van der Waals surface area contributed by atoms with Crippen LogP contribution in [0.5, 0.6) is 0 Å². The first-order valence-corrected chi connectivity index (χ1v) is 7.52. The molecule has 1 aliphatic heterocycles. The Bertz CT molecular complexity index is 522. The van der Waals surface area contributed by atoms with E-state index in [0.717, 1.165) is 19.6 Å². The Hall–Kier alpha value is -1.56. The first-order chi connectivity index (χ1) is 9.83. The van der Waals surface area contributed by atoms with Crippen molar-refractivity contribution in [1.29, 1.82) is 0 Å². The highest BCUT2D eigenvalue weighted by molar-refractivity contribution is 5.69. The number of carbonyl (C=O) groups is 1. The van der Waals surface area contributed by atoms with Gasteiger partial charge in [0.2, 0.25) is 0 Å². The molecule has 1 aliphatic carbocycles. The highest BCUT2D eigenvalue weighted by atomic mass is 16.6. The zero-order chi connectivity index (χ0) is 15.2. The largest absolute Gasteiger partial charge is 0.444 e. The molecule has 1 N–H and O–H groups in total. The van der Waals surface area contributed by atoms with E-state index in [1.54, 1.807) is 0 Å². The average Bonchev–Trinajstić information content (AvgIpc) is 2.77. The Kier molecular flexibility index (Phi) is 3.43. The third kappa shape index (κ3) is 3.20. The van der Waals surface area contributed by atoms with Crippen molar-refractivity contribution in [3.8, 4) is 0 Å². The minimum Gasteiger partial charge on any atom is -0.444 e. The predicted octanol–water partition coefficient (Wildman–Crippen LogP) is 1.37.